The first kappa shape index (κ1) is 17.7. The van der Waals surface area contributed by atoms with Gasteiger partial charge in [-0.05, 0) is 23.3 Å². The van der Waals surface area contributed by atoms with E-state index < -0.39 is 0 Å². The van der Waals surface area contributed by atoms with Crippen LogP contribution in [0.3, 0.4) is 0 Å². The van der Waals surface area contributed by atoms with Gasteiger partial charge in [0.15, 0.2) is 5.78 Å². The predicted molar refractivity (Wildman–Crippen MR) is 103 cm³/mol. The fourth-order valence-electron chi connectivity index (χ4n) is 3.12. The Morgan fingerprint density at radius 1 is 0.808 bits per heavy atom. The number of carbonyl (C=O) groups excluding carboxylic acids is 1. The molecule has 3 aromatic rings. The maximum atomic E-state index is 13.1. The van der Waals surface area contributed by atoms with Gasteiger partial charge in [-0.2, -0.15) is 0 Å². The lowest BCUT2D eigenvalue weighted by atomic mass is 9.85. The van der Waals surface area contributed by atoms with Crippen molar-refractivity contribution in [1.82, 2.24) is 0 Å². The van der Waals surface area contributed by atoms with E-state index >= 15 is 0 Å². The Bertz CT molecular complexity index is 818. The van der Waals surface area contributed by atoms with Crippen molar-refractivity contribution in [3.63, 3.8) is 0 Å². The summed E-state index contributed by atoms with van der Waals surface area (Å²) in [6, 6.07) is 25.6. The van der Waals surface area contributed by atoms with E-state index in [1.165, 1.54) is 0 Å². The van der Waals surface area contributed by atoms with Gasteiger partial charge in [0.2, 0.25) is 0 Å². The predicted octanol–water partition coefficient (Wildman–Crippen LogP) is 5.11. The van der Waals surface area contributed by atoms with Gasteiger partial charge in [0, 0.05) is 18.4 Å². The lowest BCUT2D eigenvalue weighted by molar-refractivity contribution is 0.0974. The van der Waals surface area contributed by atoms with Crippen LogP contribution in [0, 0.1) is 0 Å². The average molecular weight is 346 g/mol. The molecule has 0 saturated carbocycles. The second-order valence-corrected chi connectivity index (χ2v) is 6.07. The summed E-state index contributed by atoms with van der Waals surface area (Å²) < 4.78 is 10.6. The van der Waals surface area contributed by atoms with Crippen LogP contribution >= 0.6 is 0 Å². The Balaban J connectivity index is 1.94. The maximum absolute atomic E-state index is 13.1. The van der Waals surface area contributed by atoms with Crippen LogP contribution in [0.4, 0.5) is 0 Å². The summed E-state index contributed by atoms with van der Waals surface area (Å²) >= 11 is 0. The topological polar surface area (TPSA) is 35.5 Å². The standard InChI is InChI=1S/C23H22O3/c1-25-19-13-14-20(23(15-19)26-2)22(24)16-21(17-9-5-3-6-10-17)18-11-7-4-8-12-18/h3-15,21H,16H2,1-2H3. The van der Waals surface area contributed by atoms with E-state index in [-0.39, 0.29) is 11.7 Å². The zero-order valence-electron chi connectivity index (χ0n) is 15.0. The Labute approximate surface area is 154 Å². The first-order chi connectivity index (χ1) is 12.7. The summed E-state index contributed by atoms with van der Waals surface area (Å²) in [6.07, 6.45) is 0.372. The molecule has 0 saturated heterocycles. The minimum Gasteiger partial charge on any atom is -0.497 e. The van der Waals surface area contributed by atoms with E-state index in [1.807, 2.05) is 36.4 Å². The van der Waals surface area contributed by atoms with Gasteiger partial charge < -0.3 is 9.47 Å². The number of ether oxygens (including phenoxy) is 2. The summed E-state index contributed by atoms with van der Waals surface area (Å²) in [5.41, 5.74) is 2.82. The van der Waals surface area contributed by atoms with Crippen LogP contribution in [0.2, 0.25) is 0 Å². The van der Waals surface area contributed by atoms with Crippen LogP contribution < -0.4 is 9.47 Å². The molecular weight excluding hydrogens is 324 g/mol. The van der Waals surface area contributed by atoms with Gasteiger partial charge in [0.1, 0.15) is 11.5 Å². The van der Waals surface area contributed by atoms with Gasteiger partial charge in [0.25, 0.3) is 0 Å². The fourth-order valence-corrected chi connectivity index (χ4v) is 3.12. The molecule has 3 rings (SSSR count). The molecule has 3 nitrogen and oxygen atoms in total. The monoisotopic (exact) mass is 346 g/mol. The van der Waals surface area contributed by atoms with Crippen molar-refractivity contribution in [2.45, 2.75) is 12.3 Å². The van der Waals surface area contributed by atoms with Crippen LogP contribution in [-0.2, 0) is 0 Å². The van der Waals surface area contributed by atoms with Gasteiger partial charge in [0.05, 0.1) is 19.8 Å². The number of benzene rings is 3. The Morgan fingerprint density at radius 2 is 1.38 bits per heavy atom. The molecule has 3 heteroatoms. The number of rotatable bonds is 7. The summed E-state index contributed by atoms with van der Waals surface area (Å²) in [6.45, 7) is 0. The van der Waals surface area contributed by atoms with E-state index in [1.54, 1.807) is 32.4 Å². The van der Waals surface area contributed by atoms with E-state index in [2.05, 4.69) is 24.3 Å². The van der Waals surface area contributed by atoms with Gasteiger partial charge in [-0.1, -0.05) is 60.7 Å². The van der Waals surface area contributed by atoms with Crippen molar-refractivity contribution in [1.29, 1.82) is 0 Å². The zero-order valence-corrected chi connectivity index (χ0v) is 15.0. The molecule has 26 heavy (non-hydrogen) atoms. The largest absolute Gasteiger partial charge is 0.497 e. The molecule has 0 aliphatic heterocycles. The highest BCUT2D eigenvalue weighted by Crippen LogP contribution is 2.32. The number of carbonyl (C=O) groups is 1. The highest BCUT2D eigenvalue weighted by Gasteiger charge is 2.21. The molecule has 0 heterocycles. The first-order valence-electron chi connectivity index (χ1n) is 8.58. The summed E-state index contributed by atoms with van der Waals surface area (Å²) in [5.74, 6) is 1.24. The normalized spacial score (nSPS) is 10.6. The molecule has 0 fully saturated rings. The van der Waals surface area contributed by atoms with Crippen LogP contribution in [-0.4, -0.2) is 20.0 Å². The van der Waals surface area contributed by atoms with Crippen molar-refractivity contribution in [3.8, 4) is 11.5 Å². The number of Topliss-reactive ketones (excluding diaryl/α,β-unsaturated/α-hetero) is 1. The molecule has 0 bridgehead atoms. The molecule has 0 unspecified atom stereocenters. The fraction of sp³-hybridized carbons (Fsp3) is 0.174. The van der Waals surface area contributed by atoms with E-state index in [0.29, 0.717) is 23.5 Å². The van der Waals surface area contributed by atoms with Gasteiger partial charge >= 0.3 is 0 Å². The molecule has 0 aliphatic rings. The SMILES string of the molecule is COc1ccc(C(=O)CC(c2ccccc2)c2ccccc2)c(OC)c1. The number of methoxy groups -OCH3 is 2. The Morgan fingerprint density at radius 3 is 1.88 bits per heavy atom. The van der Waals surface area contributed by atoms with E-state index in [4.69, 9.17) is 9.47 Å². The quantitative estimate of drug-likeness (QED) is 0.558. The van der Waals surface area contributed by atoms with Gasteiger partial charge in [-0.15, -0.1) is 0 Å². The van der Waals surface area contributed by atoms with Crippen LogP contribution in [0.1, 0.15) is 33.8 Å². The zero-order chi connectivity index (χ0) is 18.4. The lowest BCUT2D eigenvalue weighted by Gasteiger charge is -2.18. The average Bonchev–Trinajstić information content (AvgIpc) is 2.72. The van der Waals surface area contributed by atoms with Crippen molar-refractivity contribution in [2.24, 2.45) is 0 Å². The highest BCUT2D eigenvalue weighted by atomic mass is 16.5. The Kier molecular flexibility index (Phi) is 5.69. The van der Waals surface area contributed by atoms with Crippen molar-refractivity contribution >= 4 is 5.78 Å². The minimum absolute atomic E-state index is 0.00305. The molecule has 0 radical (unpaired) electrons. The van der Waals surface area contributed by atoms with Crippen LogP contribution in [0.15, 0.2) is 78.9 Å². The Hall–Kier alpha value is -3.07. The smallest absolute Gasteiger partial charge is 0.167 e. The molecule has 3 aromatic carbocycles. The summed E-state index contributed by atoms with van der Waals surface area (Å²) in [7, 11) is 3.16. The third-order valence-corrected chi connectivity index (χ3v) is 4.50. The number of ketones is 1. The highest BCUT2D eigenvalue weighted by molar-refractivity contribution is 5.99. The van der Waals surface area contributed by atoms with Crippen LogP contribution in [0.25, 0.3) is 0 Å². The van der Waals surface area contributed by atoms with Gasteiger partial charge in [-0.3, -0.25) is 4.79 Å². The molecular formula is C23H22O3. The third kappa shape index (κ3) is 3.94. The molecule has 0 amide bonds. The van der Waals surface area contributed by atoms with Crippen LogP contribution in [0.5, 0.6) is 11.5 Å². The maximum Gasteiger partial charge on any atom is 0.167 e. The second-order valence-electron chi connectivity index (χ2n) is 6.07. The minimum atomic E-state index is -0.00305. The molecule has 0 aromatic heterocycles. The molecule has 0 spiro atoms. The molecule has 0 aliphatic carbocycles. The first-order valence-corrected chi connectivity index (χ1v) is 8.58. The van der Waals surface area contributed by atoms with E-state index in [9.17, 15) is 4.79 Å². The second kappa shape index (κ2) is 8.34. The number of hydrogen-bond donors (Lipinski definition) is 0. The van der Waals surface area contributed by atoms with Crippen molar-refractivity contribution in [2.75, 3.05) is 14.2 Å². The molecule has 0 N–H and O–H groups in total. The summed E-state index contributed by atoms with van der Waals surface area (Å²) in [5, 5.41) is 0. The molecule has 0 atom stereocenters. The van der Waals surface area contributed by atoms with Crippen molar-refractivity contribution < 1.29 is 14.3 Å². The lowest BCUT2D eigenvalue weighted by Crippen LogP contribution is -2.10. The third-order valence-electron chi connectivity index (χ3n) is 4.50. The molecule has 132 valence electrons. The number of hydrogen-bond acceptors (Lipinski definition) is 3. The van der Waals surface area contributed by atoms with Crippen molar-refractivity contribution in [3.05, 3.63) is 95.6 Å². The summed E-state index contributed by atoms with van der Waals surface area (Å²) in [4.78, 5) is 13.1. The van der Waals surface area contributed by atoms with E-state index in [0.717, 1.165) is 11.1 Å². The van der Waals surface area contributed by atoms with Gasteiger partial charge in [-0.25, -0.2) is 0 Å².